The highest BCUT2D eigenvalue weighted by Crippen LogP contribution is 2.20. The summed E-state index contributed by atoms with van der Waals surface area (Å²) in [6.07, 6.45) is 0. The highest BCUT2D eigenvalue weighted by molar-refractivity contribution is 7.89. The molecule has 1 saturated heterocycles. The summed E-state index contributed by atoms with van der Waals surface area (Å²) >= 11 is 1.55. The molecule has 0 atom stereocenters. The molecule has 150 valence electrons. The second-order valence-electron chi connectivity index (χ2n) is 6.73. The molecular weight excluding hydrogens is 400 g/mol. The summed E-state index contributed by atoms with van der Waals surface area (Å²) in [5.41, 5.74) is 1.01. The predicted molar refractivity (Wildman–Crippen MR) is 106 cm³/mol. The topological polar surface area (TPSA) is 108 Å². The molecule has 0 saturated carbocycles. The summed E-state index contributed by atoms with van der Waals surface area (Å²) in [4.78, 5) is 28.4. The second kappa shape index (κ2) is 8.38. The summed E-state index contributed by atoms with van der Waals surface area (Å²) in [7, 11) is -3.84. The fourth-order valence-corrected chi connectivity index (χ4v) is 4.99. The normalized spacial score (nSPS) is 15.5. The highest BCUT2D eigenvalue weighted by Gasteiger charge is 2.29. The van der Waals surface area contributed by atoms with E-state index in [0.717, 1.165) is 15.0 Å². The van der Waals surface area contributed by atoms with Gasteiger partial charge in [-0.15, -0.1) is 11.3 Å². The quantitative estimate of drug-likeness (QED) is 0.730. The molecule has 1 aliphatic rings. The van der Waals surface area contributed by atoms with Gasteiger partial charge < -0.3 is 10.6 Å². The van der Waals surface area contributed by atoms with Gasteiger partial charge in [-0.1, -0.05) is 19.9 Å². The van der Waals surface area contributed by atoms with Crippen LogP contribution in [0.2, 0.25) is 0 Å². The molecule has 1 aromatic carbocycles. The van der Waals surface area contributed by atoms with Gasteiger partial charge in [0.2, 0.25) is 15.9 Å². The highest BCUT2D eigenvalue weighted by atomic mass is 32.2. The molecule has 1 aliphatic heterocycles. The van der Waals surface area contributed by atoms with Gasteiger partial charge in [-0.3, -0.25) is 9.59 Å². The van der Waals surface area contributed by atoms with Crippen LogP contribution in [0.25, 0.3) is 0 Å². The maximum absolute atomic E-state index is 12.8. The van der Waals surface area contributed by atoms with E-state index in [-0.39, 0.29) is 48.5 Å². The first-order chi connectivity index (χ1) is 13.3. The van der Waals surface area contributed by atoms with E-state index in [1.54, 1.807) is 17.4 Å². The van der Waals surface area contributed by atoms with E-state index in [2.05, 4.69) is 29.5 Å². The zero-order chi connectivity index (χ0) is 20.3. The third-order valence-electron chi connectivity index (χ3n) is 4.23. The summed E-state index contributed by atoms with van der Waals surface area (Å²) < 4.78 is 26.6. The fourth-order valence-electron chi connectivity index (χ4n) is 2.71. The van der Waals surface area contributed by atoms with Gasteiger partial charge in [0.1, 0.15) is 0 Å². The fraction of sp³-hybridized carbons (Fsp3) is 0.389. The lowest BCUT2D eigenvalue weighted by atomic mass is 10.2. The summed E-state index contributed by atoms with van der Waals surface area (Å²) in [5, 5.41) is 8.26. The summed E-state index contributed by atoms with van der Waals surface area (Å²) in [6, 6.07) is 5.83. The molecule has 0 radical (unpaired) electrons. The summed E-state index contributed by atoms with van der Waals surface area (Å²) in [5.74, 6) is -0.395. The van der Waals surface area contributed by atoms with Crippen molar-refractivity contribution in [3.05, 3.63) is 45.9 Å². The molecule has 3 rings (SSSR count). The van der Waals surface area contributed by atoms with Crippen LogP contribution in [0.3, 0.4) is 0 Å². The molecule has 2 N–H and O–H groups in total. The average Bonchev–Trinajstić information content (AvgIpc) is 3.15. The molecule has 0 unspecified atom stereocenters. The molecule has 2 aromatic rings. The van der Waals surface area contributed by atoms with E-state index >= 15 is 0 Å². The van der Waals surface area contributed by atoms with E-state index in [9.17, 15) is 18.0 Å². The largest absolute Gasteiger partial charge is 0.354 e. The van der Waals surface area contributed by atoms with Gasteiger partial charge in [-0.2, -0.15) is 4.31 Å². The van der Waals surface area contributed by atoms with Crippen molar-refractivity contribution in [2.75, 3.05) is 19.6 Å². The molecule has 0 aliphatic carbocycles. The van der Waals surface area contributed by atoms with E-state index < -0.39 is 10.0 Å². The number of benzene rings is 1. The number of rotatable bonds is 6. The Hall–Kier alpha value is -2.30. The molecule has 8 nitrogen and oxygen atoms in total. The van der Waals surface area contributed by atoms with Gasteiger partial charge in [0, 0.05) is 30.0 Å². The Balaban J connectivity index is 1.71. The Morgan fingerprint density at radius 2 is 2.18 bits per heavy atom. The first-order valence-electron chi connectivity index (χ1n) is 8.87. The minimum absolute atomic E-state index is 0.00870. The number of thiazole rings is 1. The minimum atomic E-state index is -3.84. The number of carbonyl (C=O) groups is 2. The number of sulfonamides is 1. The van der Waals surface area contributed by atoms with Crippen LogP contribution in [0.5, 0.6) is 0 Å². The maximum Gasteiger partial charge on any atom is 0.251 e. The van der Waals surface area contributed by atoms with Gasteiger partial charge >= 0.3 is 0 Å². The van der Waals surface area contributed by atoms with Crippen LogP contribution in [0.4, 0.5) is 0 Å². The zero-order valence-corrected chi connectivity index (χ0v) is 17.3. The van der Waals surface area contributed by atoms with Crippen LogP contribution in [0, 0.1) is 0 Å². The van der Waals surface area contributed by atoms with Crippen molar-refractivity contribution in [3.8, 4) is 0 Å². The molecule has 0 bridgehead atoms. The van der Waals surface area contributed by atoms with Crippen molar-refractivity contribution in [3.63, 3.8) is 0 Å². The van der Waals surface area contributed by atoms with Crippen molar-refractivity contribution in [2.45, 2.75) is 31.2 Å². The first-order valence-corrected chi connectivity index (χ1v) is 11.2. The maximum atomic E-state index is 12.8. The van der Waals surface area contributed by atoms with Crippen LogP contribution in [-0.4, -0.2) is 49.2 Å². The molecule has 2 heterocycles. The minimum Gasteiger partial charge on any atom is -0.354 e. The van der Waals surface area contributed by atoms with Gasteiger partial charge in [0.25, 0.3) is 5.91 Å². The molecule has 1 fully saturated rings. The van der Waals surface area contributed by atoms with Gasteiger partial charge in [-0.25, -0.2) is 13.4 Å². The third-order valence-corrected chi connectivity index (χ3v) is 7.27. The summed E-state index contributed by atoms with van der Waals surface area (Å²) in [6.45, 7) is 4.63. The van der Waals surface area contributed by atoms with Crippen molar-refractivity contribution in [2.24, 2.45) is 0 Å². The number of piperazine rings is 1. The standard InChI is InChI=1S/C18H22N4O4S2/c1-12(2)18-21-14(11-27-18)9-20-17(24)13-4-3-5-15(8-13)28(25,26)22-7-6-19-16(23)10-22/h3-5,8,11-12H,6-7,9-10H2,1-2H3,(H,19,23)(H,20,24). The van der Waals surface area contributed by atoms with Crippen molar-refractivity contribution in [1.29, 1.82) is 0 Å². The van der Waals surface area contributed by atoms with E-state index in [1.165, 1.54) is 18.2 Å². The number of hydrogen-bond acceptors (Lipinski definition) is 6. The lowest BCUT2D eigenvalue weighted by molar-refractivity contribution is -0.122. The monoisotopic (exact) mass is 422 g/mol. The molecule has 1 aromatic heterocycles. The average molecular weight is 423 g/mol. The predicted octanol–water partition coefficient (Wildman–Crippen LogP) is 1.32. The van der Waals surface area contributed by atoms with Crippen LogP contribution in [0.1, 0.15) is 40.8 Å². The van der Waals surface area contributed by atoms with Gasteiger partial charge in [-0.05, 0) is 18.2 Å². The molecule has 10 heteroatoms. The lowest BCUT2D eigenvalue weighted by Gasteiger charge is -2.26. The van der Waals surface area contributed by atoms with E-state index in [0.29, 0.717) is 5.92 Å². The first kappa shape index (κ1) is 20.4. The molecule has 28 heavy (non-hydrogen) atoms. The molecule has 0 spiro atoms. The molecule has 2 amide bonds. The van der Waals surface area contributed by atoms with E-state index in [1.807, 2.05) is 5.38 Å². The Morgan fingerprint density at radius 1 is 1.39 bits per heavy atom. The third kappa shape index (κ3) is 4.57. The van der Waals surface area contributed by atoms with Crippen molar-refractivity contribution >= 4 is 33.2 Å². The molecular formula is C18H22N4O4S2. The van der Waals surface area contributed by atoms with Crippen LogP contribution < -0.4 is 10.6 Å². The van der Waals surface area contributed by atoms with Crippen molar-refractivity contribution in [1.82, 2.24) is 19.9 Å². The number of amides is 2. The number of nitrogens with one attached hydrogen (secondary N) is 2. The number of hydrogen-bond donors (Lipinski definition) is 2. The number of nitrogens with zero attached hydrogens (tertiary/aromatic N) is 2. The smallest absolute Gasteiger partial charge is 0.251 e. The Labute approximate surface area is 168 Å². The van der Waals surface area contributed by atoms with E-state index in [4.69, 9.17) is 0 Å². The number of aromatic nitrogens is 1. The SMILES string of the molecule is CC(C)c1nc(CNC(=O)c2cccc(S(=O)(=O)N3CCNC(=O)C3)c2)cs1. The van der Waals surface area contributed by atoms with Crippen LogP contribution in [-0.2, 0) is 21.4 Å². The van der Waals surface area contributed by atoms with Gasteiger partial charge in [0.15, 0.2) is 0 Å². The van der Waals surface area contributed by atoms with Crippen LogP contribution >= 0.6 is 11.3 Å². The Bertz CT molecular complexity index is 985. The van der Waals surface area contributed by atoms with Crippen molar-refractivity contribution < 1.29 is 18.0 Å². The lowest BCUT2D eigenvalue weighted by Crippen LogP contribution is -2.49. The zero-order valence-electron chi connectivity index (χ0n) is 15.6. The van der Waals surface area contributed by atoms with Gasteiger partial charge in [0.05, 0.1) is 28.7 Å². The number of carbonyl (C=O) groups excluding carboxylic acids is 2. The second-order valence-corrected chi connectivity index (χ2v) is 9.56. The Kier molecular flexibility index (Phi) is 6.11. The Morgan fingerprint density at radius 3 is 2.86 bits per heavy atom. The van der Waals surface area contributed by atoms with Crippen LogP contribution in [0.15, 0.2) is 34.5 Å².